The molecule has 1 atom stereocenters. The van der Waals surface area contributed by atoms with Crippen molar-refractivity contribution >= 4 is 0 Å². The van der Waals surface area contributed by atoms with Gasteiger partial charge in [0.2, 0.25) is 0 Å². The summed E-state index contributed by atoms with van der Waals surface area (Å²) in [6.45, 7) is 1.92. The van der Waals surface area contributed by atoms with Gasteiger partial charge in [-0.3, -0.25) is 0 Å². The van der Waals surface area contributed by atoms with Crippen LogP contribution in [0, 0.1) is 18.7 Å². The summed E-state index contributed by atoms with van der Waals surface area (Å²) in [5.74, 6) is 0.638. The Balaban J connectivity index is 2.13. The monoisotopic (exact) mass is 193 g/mol. The smallest absolute Gasteiger partial charge is 0.123 e. The molecule has 1 aromatic rings. The lowest BCUT2D eigenvalue weighted by atomic mass is 9.98. The van der Waals surface area contributed by atoms with Crippen LogP contribution in [-0.2, 0) is 0 Å². The van der Waals surface area contributed by atoms with Gasteiger partial charge in [-0.25, -0.2) is 4.39 Å². The minimum atomic E-state index is -0.176. The van der Waals surface area contributed by atoms with Gasteiger partial charge >= 0.3 is 0 Å². The molecule has 0 unspecified atom stereocenters. The summed E-state index contributed by atoms with van der Waals surface area (Å²) in [5.41, 5.74) is 8.13. The number of rotatable bonds is 3. The fourth-order valence-corrected chi connectivity index (χ4v) is 1.89. The van der Waals surface area contributed by atoms with E-state index in [4.69, 9.17) is 5.73 Å². The van der Waals surface area contributed by atoms with Crippen molar-refractivity contribution in [2.24, 2.45) is 11.7 Å². The van der Waals surface area contributed by atoms with Crippen LogP contribution in [0.1, 0.15) is 36.4 Å². The van der Waals surface area contributed by atoms with Gasteiger partial charge in [0.15, 0.2) is 0 Å². The lowest BCUT2D eigenvalue weighted by Crippen LogP contribution is -2.12. The second-order valence-electron chi connectivity index (χ2n) is 4.29. The molecule has 0 radical (unpaired) electrons. The van der Waals surface area contributed by atoms with Crippen LogP contribution in [0.25, 0.3) is 0 Å². The van der Waals surface area contributed by atoms with E-state index >= 15 is 0 Å². The molecular formula is C12H16FN. The fourth-order valence-electron chi connectivity index (χ4n) is 1.89. The Kier molecular flexibility index (Phi) is 2.55. The van der Waals surface area contributed by atoms with Gasteiger partial charge in [0.1, 0.15) is 5.82 Å². The molecule has 0 aromatic heterocycles. The normalized spacial score (nSPS) is 18.2. The summed E-state index contributed by atoms with van der Waals surface area (Å²) in [4.78, 5) is 0. The maximum Gasteiger partial charge on any atom is 0.123 e. The van der Waals surface area contributed by atoms with E-state index in [0.29, 0.717) is 0 Å². The molecule has 1 aliphatic carbocycles. The Bertz CT molecular complexity index is 331. The van der Waals surface area contributed by atoms with Crippen LogP contribution in [0.4, 0.5) is 4.39 Å². The van der Waals surface area contributed by atoms with Gasteiger partial charge in [0, 0.05) is 6.04 Å². The van der Waals surface area contributed by atoms with Crippen molar-refractivity contribution in [3.63, 3.8) is 0 Å². The van der Waals surface area contributed by atoms with E-state index in [1.54, 1.807) is 6.07 Å². The molecule has 0 saturated heterocycles. The molecule has 2 rings (SSSR count). The van der Waals surface area contributed by atoms with Crippen LogP contribution in [0.3, 0.4) is 0 Å². The van der Waals surface area contributed by atoms with E-state index in [1.807, 2.05) is 13.0 Å². The highest BCUT2D eigenvalue weighted by Gasteiger charge is 2.24. The molecule has 76 valence electrons. The Hall–Kier alpha value is -0.890. The molecule has 1 nitrogen and oxygen atoms in total. The van der Waals surface area contributed by atoms with Gasteiger partial charge in [-0.2, -0.15) is 0 Å². The Morgan fingerprint density at radius 3 is 2.79 bits per heavy atom. The summed E-state index contributed by atoms with van der Waals surface area (Å²) >= 11 is 0. The second kappa shape index (κ2) is 3.70. The standard InChI is InChI=1S/C12H16FN/c1-8-6-10(13)4-5-11(8)12(14)7-9-2-3-9/h4-6,9,12H,2-3,7,14H2,1H3/t12-/m1/s1. The van der Waals surface area contributed by atoms with E-state index in [-0.39, 0.29) is 11.9 Å². The SMILES string of the molecule is Cc1cc(F)ccc1[C@H](N)CC1CC1. The molecule has 1 aliphatic rings. The van der Waals surface area contributed by atoms with Crippen molar-refractivity contribution in [1.29, 1.82) is 0 Å². The van der Waals surface area contributed by atoms with E-state index in [1.165, 1.54) is 18.9 Å². The first-order chi connectivity index (χ1) is 6.66. The third-order valence-corrected chi connectivity index (χ3v) is 2.92. The highest BCUT2D eigenvalue weighted by atomic mass is 19.1. The van der Waals surface area contributed by atoms with Crippen LogP contribution >= 0.6 is 0 Å². The first-order valence-corrected chi connectivity index (χ1v) is 5.18. The average molecular weight is 193 g/mol. The molecule has 0 aliphatic heterocycles. The van der Waals surface area contributed by atoms with E-state index in [9.17, 15) is 4.39 Å². The van der Waals surface area contributed by atoms with Crippen molar-refractivity contribution in [3.8, 4) is 0 Å². The summed E-state index contributed by atoms with van der Waals surface area (Å²) in [6.07, 6.45) is 3.67. The Morgan fingerprint density at radius 2 is 2.21 bits per heavy atom. The van der Waals surface area contributed by atoms with Gasteiger partial charge in [0.25, 0.3) is 0 Å². The molecule has 1 saturated carbocycles. The summed E-state index contributed by atoms with van der Waals surface area (Å²) < 4.78 is 12.8. The zero-order valence-corrected chi connectivity index (χ0v) is 8.46. The zero-order valence-electron chi connectivity index (χ0n) is 8.46. The fraction of sp³-hybridized carbons (Fsp3) is 0.500. The third-order valence-electron chi connectivity index (χ3n) is 2.92. The van der Waals surface area contributed by atoms with Gasteiger partial charge in [0.05, 0.1) is 0 Å². The van der Waals surface area contributed by atoms with Crippen LogP contribution in [0.2, 0.25) is 0 Å². The van der Waals surface area contributed by atoms with E-state index in [2.05, 4.69) is 0 Å². The second-order valence-corrected chi connectivity index (χ2v) is 4.29. The van der Waals surface area contributed by atoms with Crippen LogP contribution in [0.15, 0.2) is 18.2 Å². The molecule has 1 aromatic carbocycles. The van der Waals surface area contributed by atoms with Crippen molar-refractivity contribution in [1.82, 2.24) is 0 Å². The van der Waals surface area contributed by atoms with Crippen LogP contribution in [0.5, 0.6) is 0 Å². The first kappa shape index (κ1) is 9.66. The molecule has 0 heterocycles. The predicted molar refractivity (Wildman–Crippen MR) is 55.4 cm³/mol. The minimum Gasteiger partial charge on any atom is -0.324 e. The lowest BCUT2D eigenvalue weighted by molar-refractivity contribution is 0.588. The number of benzene rings is 1. The molecule has 1 fully saturated rings. The largest absolute Gasteiger partial charge is 0.324 e. The maximum atomic E-state index is 12.8. The molecule has 2 heteroatoms. The minimum absolute atomic E-state index is 0.0862. The topological polar surface area (TPSA) is 26.0 Å². The molecule has 2 N–H and O–H groups in total. The van der Waals surface area contributed by atoms with Crippen LogP contribution in [-0.4, -0.2) is 0 Å². The number of hydrogen-bond donors (Lipinski definition) is 1. The number of nitrogens with two attached hydrogens (primary N) is 1. The number of aryl methyl sites for hydroxylation is 1. The predicted octanol–water partition coefficient (Wildman–Crippen LogP) is 2.93. The lowest BCUT2D eigenvalue weighted by Gasteiger charge is -2.14. The molecule has 0 spiro atoms. The zero-order chi connectivity index (χ0) is 10.1. The number of halogens is 1. The average Bonchev–Trinajstić information content (AvgIpc) is 2.87. The van der Waals surface area contributed by atoms with Crippen molar-refractivity contribution < 1.29 is 4.39 Å². The van der Waals surface area contributed by atoms with Crippen molar-refractivity contribution in [2.75, 3.05) is 0 Å². The quantitative estimate of drug-likeness (QED) is 0.784. The van der Waals surface area contributed by atoms with E-state index in [0.717, 1.165) is 23.5 Å². The Labute approximate surface area is 84.1 Å². The maximum absolute atomic E-state index is 12.8. The highest BCUT2D eigenvalue weighted by Crippen LogP contribution is 2.37. The molecule has 14 heavy (non-hydrogen) atoms. The van der Waals surface area contributed by atoms with Crippen molar-refractivity contribution in [2.45, 2.75) is 32.2 Å². The van der Waals surface area contributed by atoms with Gasteiger partial charge in [-0.05, 0) is 42.5 Å². The highest BCUT2D eigenvalue weighted by molar-refractivity contribution is 5.29. The number of hydrogen-bond acceptors (Lipinski definition) is 1. The van der Waals surface area contributed by atoms with E-state index < -0.39 is 0 Å². The van der Waals surface area contributed by atoms with Gasteiger partial charge < -0.3 is 5.73 Å². The summed E-state index contributed by atoms with van der Waals surface area (Å²) in [7, 11) is 0. The summed E-state index contributed by atoms with van der Waals surface area (Å²) in [5, 5.41) is 0. The van der Waals surface area contributed by atoms with Crippen molar-refractivity contribution in [3.05, 3.63) is 35.1 Å². The first-order valence-electron chi connectivity index (χ1n) is 5.18. The molecule has 0 bridgehead atoms. The third kappa shape index (κ3) is 2.13. The van der Waals surface area contributed by atoms with Gasteiger partial charge in [-0.1, -0.05) is 18.9 Å². The van der Waals surface area contributed by atoms with Crippen LogP contribution < -0.4 is 5.73 Å². The van der Waals surface area contributed by atoms with Gasteiger partial charge in [-0.15, -0.1) is 0 Å². The Morgan fingerprint density at radius 1 is 1.50 bits per heavy atom. The molecular weight excluding hydrogens is 177 g/mol. The summed E-state index contributed by atoms with van der Waals surface area (Å²) in [6, 6.07) is 4.96. The molecule has 0 amide bonds.